The largest absolute Gasteiger partial charge is 0.480 e. The summed E-state index contributed by atoms with van der Waals surface area (Å²) in [5, 5.41) is 13.6. The topological polar surface area (TPSA) is 123 Å². The third-order valence-electron chi connectivity index (χ3n) is 8.30. The minimum Gasteiger partial charge on any atom is -0.480 e. The predicted octanol–water partition coefficient (Wildman–Crippen LogP) is 3.24. The molecule has 4 atom stereocenters. The lowest BCUT2D eigenvalue weighted by molar-refractivity contribution is -0.149. The molecule has 4 heterocycles. The van der Waals surface area contributed by atoms with Crippen molar-refractivity contribution in [3.63, 3.8) is 0 Å². The molecule has 2 aromatic carbocycles. The van der Waals surface area contributed by atoms with Gasteiger partial charge in [0.15, 0.2) is 0 Å². The fraction of sp³-hybridized carbons (Fsp3) is 0.400. The average Bonchev–Trinajstić information content (AvgIpc) is 3.62. The minimum atomic E-state index is -1.03. The van der Waals surface area contributed by atoms with E-state index in [1.54, 1.807) is 11.0 Å². The third kappa shape index (κ3) is 4.07. The Labute approximate surface area is 226 Å². The number of H-pyrrole nitrogens is 1. The van der Waals surface area contributed by atoms with Crippen LogP contribution >= 0.6 is 0 Å². The number of rotatable bonds is 6. The van der Waals surface area contributed by atoms with Gasteiger partial charge in [0.1, 0.15) is 18.1 Å². The van der Waals surface area contributed by atoms with Gasteiger partial charge in [0.25, 0.3) is 5.91 Å². The molecule has 9 nitrogen and oxygen atoms in total. The standard InChI is InChI=1S/C30H32N4O5/c1-16(2)14-22(29(37)33-13-7-12-23(33)30(38)39)32-27(35)24-15-20-17-8-5-6-11-21(17)31-25(20)26-18-9-3-4-10-19(18)28(36)34(24)26/h3-6,8-11,16,22-24,26,31H,7,12-15H2,1-2H3,(H,32,35)(H,38,39)/t22-,23-,24-,26+/m0/s1. The number of carboxylic acids is 1. The van der Waals surface area contributed by atoms with Crippen molar-refractivity contribution in [2.75, 3.05) is 6.54 Å². The van der Waals surface area contributed by atoms with Gasteiger partial charge < -0.3 is 25.2 Å². The SMILES string of the molecule is CC(C)C[C@H](NC(=O)[C@@H]1Cc2c([nH]c3ccccc23)[C@H]2c3ccccc3C(=O)N21)C(=O)N1CCC[C@H]1C(=O)O. The molecule has 202 valence electrons. The number of aliphatic carboxylic acids is 1. The van der Waals surface area contributed by atoms with Crippen molar-refractivity contribution in [2.24, 2.45) is 5.92 Å². The average molecular weight is 529 g/mol. The second kappa shape index (κ2) is 9.55. The van der Waals surface area contributed by atoms with Crippen molar-refractivity contribution in [3.8, 4) is 0 Å². The zero-order chi connectivity index (χ0) is 27.4. The quantitative estimate of drug-likeness (QED) is 0.453. The van der Waals surface area contributed by atoms with Crippen LogP contribution in [0.25, 0.3) is 10.9 Å². The molecular formula is C30H32N4O5. The number of carbonyl (C=O) groups is 4. The van der Waals surface area contributed by atoms with Crippen LogP contribution in [0.5, 0.6) is 0 Å². The minimum absolute atomic E-state index is 0.0853. The molecule has 3 aliphatic rings. The highest BCUT2D eigenvalue weighted by atomic mass is 16.4. The first-order valence-corrected chi connectivity index (χ1v) is 13.6. The molecule has 1 aromatic heterocycles. The number of hydrogen-bond donors (Lipinski definition) is 3. The molecule has 3 amide bonds. The molecule has 3 aliphatic heterocycles. The fourth-order valence-electron chi connectivity index (χ4n) is 6.59. The summed E-state index contributed by atoms with van der Waals surface area (Å²) in [6, 6.07) is 12.3. The Balaban J connectivity index is 1.36. The normalized spacial score (nSPS) is 22.5. The molecule has 1 saturated heterocycles. The van der Waals surface area contributed by atoms with E-state index in [1.165, 1.54) is 4.90 Å². The van der Waals surface area contributed by atoms with Gasteiger partial charge in [-0.05, 0) is 48.4 Å². The van der Waals surface area contributed by atoms with Gasteiger partial charge in [0, 0.05) is 35.1 Å². The number of carboxylic acid groups (broad SMARTS) is 1. The summed E-state index contributed by atoms with van der Waals surface area (Å²) in [6.45, 7) is 4.27. The molecule has 9 heteroatoms. The lowest BCUT2D eigenvalue weighted by Gasteiger charge is -2.38. The fourth-order valence-corrected chi connectivity index (χ4v) is 6.59. The van der Waals surface area contributed by atoms with Gasteiger partial charge in [-0.3, -0.25) is 14.4 Å². The number of likely N-dealkylation sites (tertiary alicyclic amines) is 1. The van der Waals surface area contributed by atoms with E-state index in [-0.39, 0.29) is 17.7 Å². The molecule has 6 rings (SSSR count). The Morgan fingerprint density at radius 3 is 2.59 bits per heavy atom. The highest BCUT2D eigenvalue weighted by Crippen LogP contribution is 2.46. The van der Waals surface area contributed by atoms with E-state index in [0.29, 0.717) is 37.8 Å². The van der Waals surface area contributed by atoms with Crippen LogP contribution in [0.2, 0.25) is 0 Å². The maximum absolute atomic E-state index is 14.0. The van der Waals surface area contributed by atoms with E-state index in [2.05, 4.69) is 10.3 Å². The van der Waals surface area contributed by atoms with Crippen LogP contribution in [0, 0.1) is 5.92 Å². The zero-order valence-electron chi connectivity index (χ0n) is 22.0. The summed E-state index contributed by atoms with van der Waals surface area (Å²) in [5.41, 5.74) is 4.28. The number of carbonyl (C=O) groups excluding carboxylic acids is 3. The van der Waals surface area contributed by atoms with Gasteiger partial charge in [0.2, 0.25) is 11.8 Å². The number of benzene rings is 2. The van der Waals surface area contributed by atoms with Crippen molar-refractivity contribution in [3.05, 3.63) is 70.9 Å². The van der Waals surface area contributed by atoms with Gasteiger partial charge in [-0.1, -0.05) is 50.2 Å². The van der Waals surface area contributed by atoms with E-state index in [9.17, 15) is 24.3 Å². The number of aromatic nitrogens is 1. The Bertz CT molecular complexity index is 1490. The van der Waals surface area contributed by atoms with Crippen molar-refractivity contribution >= 4 is 34.6 Å². The van der Waals surface area contributed by atoms with Crippen LogP contribution in [0.3, 0.4) is 0 Å². The van der Waals surface area contributed by atoms with Gasteiger partial charge >= 0.3 is 5.97 Å². The highest BCUT2D eigenvalue weighted by molar-refractivity contribution is 6.04. The second-order valence-corrected chi connectivity index (χ2v) is 11.2. The molecular weight excluding hydrogens is 496 g/mol. The van der Waals surface area contributed by atoms with Crippen molar-refractivity contribution in [1.29, 1.82) is 0 Å². The van der Waals surface area contributed by atoms with Crippen molar-refractivity contribution < 1.29 is 24.3 Å². The Morgan fingerprint density at radius 2 is 1.82 bits per heavy atom. The molecule has 0 bridgehead atoms. The highest BCUT2D eigenvalue weighted by Gasteiger charge is 2.49. The summed E-state index contributed by atoms with van der Waals surface area (Å²) in [6.07, 6.45) is 1.69. The van der Waals surface area contributed by atoms with Gasteiger partial charge in [-0.2, -0.15) is 0 Å². The lowest BCUT2D eigenvalue weighted by Crippen LogP contribution is -2.58. The van der Waals surface area contributed by atoms with Crippen LogP contribution in [-0.2, 0) is 20.8 Å². The molecule has 3 aromatic rings. The Hall–Kier alpha value is -4.14. The van der Waals surface area contributed by atoms with Crippen LogP contribution < -0.4 is 5.32 Å². The van der Waals surface area contributed by atoms with Gasteiger partial charge in [0.05, 0.1) is 6.04 Å². The van der Waals surface area contributed by atoms with Crippen LogP contribution in [0.4, 0.5) is 0 Å². The Kier molecular flexibility index (Phi) is 6.16. The van der Waals surface area contributed by atoms with E-state index in [4.69, 9.17) is 0 Å². The molecule has 0 aliphatic carbocycles. The van der Waals surface area contributed by atoms with E-state index in [1.807, 2.05) is 56.3 Å². The third-order valence-corrected chi connectivity index (χ3v) is 8.30. The predicted molar refractivity (Wildman–Crippen MR) is 144 cm³/mol. The van der Waals surface area contributed by atoms with Crippen LogP contribution in [0.15, 0.2) is 48.5 Å². The number of para-hydroxylation sites is 1. The number of nitrogens with zero attached hydrogens (tertiary/aromatic N) is 2. The summed E-state index contributed by atoms with van der Waals surface area (Å²) >= 11 is 0. The number of fused-ring (bicyclic) bond motifs is 7. The summed E-state index contributed by atoms with van der Waals surface area (Å²) < 4.78 is 0. The number of nitrogens with one attached hydrogen (secondary N) is 2. The van der Waals surface area contributed by atoms with Crippen LogP contribution in [-0.4, -0.2) is 68.3 Å². The van der Waals surface area contributed by atoms with E-state index in [0.717, 1.165) is 27.7 Å². The summed E-state index contributed by atoms with van der Waals surface area (Å²) in [5.74, 6) is -1.93. The number of aromatic amines is 1. The van der Waals surface area contributed by atoms with Crippen molar-refractivity contribution in [2.45, 2.75) is 63.7 Å². The van der Waals surface area contributed by atoms with E-state index < -0.39 is 36.0 Å². The molecule has 0 radical (unpaired) electrons. The first-order valence-electron chi connectivity index (χ1n) is 13.6. The smallest absolute Gasteiger partial charge is 0.326 e. The second-order valence-electron chi connectivity index (χ2n) is 11.2. The van der Waals surface area contributed by atoms with Crippen molar-refractivity contribution in [1.82, 2.24) is 20.1 Å². The maximum Gasteiger partial charge on any atom is 0.326 e. The van der Waals surface area contributed by atoms with E-state index >= 15 is 0 Å². The molecule has 39 heavy (non-hydrogen) atoms. The maximum atomic E-state index is 14.0. The molecule has 0 spiro atoms. The number of amides is 3. The first-order chi connectivity index (χ1) is 18.8. The van der Waals surface area contributed by atoms with Gasteiger partial charge in [-0.25, -0.2) is 4.79 Å². The first kappa shape index (κ1) is 25.2. The lowest BCUT2D eigenvalue weighted by atomic mass is 9.89. The summed E-state index contributed by atoms with van der Waals surface area (Å²) in [7, 11) is 0. The molecule has 0 saturated carbocycles. The molecule has 0 unspecified atom stereocenters. The molecule has 1 fully saturated rings. The Morgan fingerprint density at radius 1 is 1.08 bits per heavy atom. The molecule has 3 N–H and O–H groups in total. The number of hydrogen-bond acceptors (Lipinski definition) is 4. The van der Waals surface area contributed by atoms with Gasteiger partial charge in [-0.15, -0.1) is 0 Å². The monoisotopic (exact) mass is 528 g/mol. The summed E-state index contributed by atoms with van der Waals surface area (Å²) in [4.78, 5) is 59.6. The van der Waals surface area contributed by atoms with Crippen LogP contribution in [0.1, 0.15) is 66.3 Å². The zero-order valence-corrected chi connectivity index (χ0v) is 22.0.